The molecule has 1 aromatic heterocycles. The number of ether oxygens (including phenoxy) is 2. The van der Waals surface area contributed by atoms with Crippen LogP contribution in [0.3, 0.4) is 0 Å². The Balaban J connectivity index is 1.56. The average molecular weight is 337 g/mol. The van der Waals surface area contributed by atoms with E-state index in [9.17, 15) is 4.79 Å². The van der Waals surface area contributed by atoms with Crippen molar-refractivity contribution in [2.24, 2.45) is 0 Å². The minimum Gasteiger partial charge on any atom is -0.465 e. The molecule has 0 amide bonds. The van der Waals surface area contributed by atoms with Crippen molar-refractivity contribution in [1.82, 2.24) is 4.98 Å². The number of methoxy groups -OCH3 is 1. The van der Waals surface area contributed by atoms with E-state index in [4.69, 9.17) is 13.9 Å². The van der Waals surface area contributed by atoms with Crippen LogP contribution in [0.2, 0.25) is 0 Å². The molecule has 128 valence electrons. The van der Waals surface area contributed by atoms with Gasteiger partial charge in [0.25, 0.3) is 0 Å². The lowest BCUT2D eigenvalue weighted by atomic mass is 10.1. The largest absolute Gasteiger partial charge is 0.465 e. The third-order valence-corrected chi connectivity index (χ3v) is 3.70. The molecule has 0 atom stereocenters. The second-order valence-electron chi connectivity index (χ2n) is 5.50. The highest BCUT2D eigenvalue weighted by Crippen LogP contribution is 2.20. The average Bonchev–Trinajstić information content (AvgIpc) is 3.14. The van der Waals surface area contributed by atoms with Crippen LogP contribution in [0.25, 0.3) is 11.5 Å². The highest BCUT2D eigenvalue weighted by molar-refractivity contribution is 5.90. The maximum atomic E-state index is 11.6. The maximum Gasteiger partial charge on any atom is 0.337 e. The summed E-state index contributed by atoms with van der Waals surface area (Å²) in [5, 5.41) is 0. The van der Waals surface area contributed by atoms with Gasteiger partial charge in [-0.2, -0.15) is 0 Å². The summed E-state index contributed by atoms with van der Waals surface area (Å²) in [6.07, 6.45) is 2.28. The Morgan fingerprint density at radius 3 is 2.76 bits per heavy atom. The number of oxazole rings is 1. The van der Waals surface area contributed by atoms with E-state index < -0.39 is 0 Å². The third kappa shape index (κ3) is 4.55. The van der Waals surface area contributed by atoms with Gasteiger partial charge in [-0.05, 0) is 23.8 Å². The molecule has 0 aliphatic rings. The van der Waals surface area contributed by atoms with Gasteiger partial charge in [0, 0.05) is 12.0 Å². The Morgan fingerprint density at radius 1 is 1.12 bits per heavy atom. The molecule has 0 N–H and O–H groups in total. The minimum absolute atomic E-state index is 0.386. The molecule has 0 saturated carbocycles. The van der Waals surface area contributed by atoms with Crippen molar-refractivity contribution in [2.45, 2.75) is 13.0 Å². The summed E-state index contributed by atoms with van der Waals surface area (Å²) in [5.41, 5.74) is 3.15. The number of rotatable bonds is 7. The van der Waals surface area contributed by atoms with E-state index in [1.54, 1.807) is 24.5 Å². The fourth-order valence-electron chi connectivity index (χ4n) is 2.39. The van der Waals surface area contributed by atoms with Crippen molar-refractivity contribution >= 4 is 5.97 Å². The molecule has 0 aliphatic heterocycles. The SMILES string of the molecule is COC(=O)c1cccc(-c2nc(CCOCc3ccccc3)co2)c1. The number of esters is 1. The van der Waals surface area contributed by atoms with E-state index in [1.165, 1.54) is 7.11 Å². The quantitative estimate of drug-likeness (QED) is 0.483. The van der Waals surface area contributed by atoms with E-state index in [1.807, 2.05) is 36.4 Å². The summed E-state index contributed by atoms with van der Waals surface area (Å²) in [5.74, 6) is 0.0896. The minimum atomic E-state index is -0.386. The lowest BCUT2D eigenvalue weighted by Crippen LogP contribution is -2.01. The lowest BCUT2D eigenvalue weighted by Gasteiger charge is -2.02. The summed E-state index contributed by atoms with van der Waals surface area (Å²) in [6.45, 7) is 1.13. The van der Waals surface area contributed by atoms with Crippen LogP contribution in [0.15, 0.2) is 65.3 Å². The monoisotopic (exact) mass is 337 g/mol. The van der Waals surface area contributed by atoms with Gasteiger partial charge in [-0.3, -0.25) is 0 Å². The summed E-state index contributed by atoms with van der Waals surface area (Å²) in [7, 11) is 1.35. The molecule has 5 nitrogen and oxygen atoms in total. The molecule has 0 spiro atoms. The van der Waals surface area contributed by atoms with Gasteiger partial charge in [-0.25, -0.2) is 9.78 Å². The molecule has 0 fully saturated rings. The number of nitrogens with zero attached hydrogens (tertiary/aromatic N) is 1. The van der Waals surface area contributed by atoms with Gasteiger partial charge in [0.2, 0.25) is 5.89 Å². The van der Waals surface area contributed by atoms with Crippen LogP contribution in [-0.2, 0) is 22.5 Å². The Kier molecular flexibility index (Phi) is 5.59. The highest BCUT2D eigenvalue weighted by atomic mass is 16.5. The van der Waals surface area contributed by atoms with E-state index in [-0.39, 0.29) is 5.97 Å². The first-order valence-corrected chi connectivity index (χ1v) is 8.01. The van der Waals surface area contributed by atoms with Crippen LogP contribution in [0.4, 0.5) is 0 Å². The third-order valence-electron chi connectivity index (χ3n) is 3.70. The van der Waals surface area contributed by atoms with Crippen LogP contribution in [0.5, 0.6) is 0 Å². The van der Waals surface area contributed by atoms with Gasteiger partial charge in [-0.1, -0.05) is 36.4 Å². The second kappa shape index (κ2) is 8.26. The van der Waals surface area contributed by atoms with Crippen molar-refractivity contribution in [1.29, 1.82) is 0 Å². The standard InChI is InChI=1S/C20H19NO4/c1-23-20(22)17-9-5-8-16(12-17)19-21-18(14-25-19)10-11-24-13-15-6-3-2-4-7-15/h2-9,12,14H,10-11,13H2,1H3. The normalized spacial score (nSPS) is 10.6. The number of hydrogen-bond acceptors (Lipinski definition) is 5. The number of carbonyl (C=O) groups excluding carboxylic acids is 1. The molecule has 2 aromatic carbocycles. The van der Waals surface area contributed by atoms with Crippen LogP contribution in [-0.4, -0.2) is 24.7 Å². The number of aromatic nitrogens is 1. The summed E-state index contributed by atoms with van der Waals surface area (Å²) >= 11 is 0. The molecule has 3 aromatic rings. The fourth-order valence-corrected chi connectivity index (χ4v) is 2.39. The topological polar surface area (TPSA) is 61.6 Å². The van der Waals surface area contributed by atoms with Gasteiger partial charge in [0.05, 0.1) is 31.6 Å². The molecule has 25 heavy (non-hydrogen) atoms. The number of benzene rings is 2. The molecule has 0 unspecified atom stereocenters. The predicted octanol–water partition coefficient (Wildman–Crippen LogP) is 3.89. The van der Waals surface area contributed by atoms with Gasteiger partial charge in [0.15, 0.2) is 0 Å². The summed E-state index contributed by atoms with van der Waals surface area (Å²) < 4.78 is 15.9. The fraction of sp³-hybridized carbons (Fsp3) is 0.200. The Hall–Kier alpha value is -2.92. The maximum absolute atomic E-state index is 11.6. The number of hydrogen-bond donors (Lipinski definition) is 0. The van der Waals surface area contributed by atoms with Crippen LogP contribution < -0.4 is 0 Å². The molecule has 3 rings (SSSR count). The van der Waals surface area contributed by atoms with Gasteiger partial charge in [0.1, 0.15) is 6.26 Å². The summed E-state index contributed by atoms with van der Waals surface area (Å²) in [4.78, 5) is 16.1. The zero-order valence-electron chi connectivity index (χ0n) is 14.0. The molecular formula is C20H19NO4. The molecule has 0 aliphatic carbocycles. The van der Waals surface area contributed by atoms with Crippen LogP contribution in [0, 0.1) is 0 Å². The van der Waals surface area contributed by atoms with Crippen LogP contribution >= 0.6 is 0 Å². The van der Waals surface area contributed by atoms with Crippen molar-refractivity contribution in [3.8, 4) is 11.5 Å². The highest BCUT2D eigenvalue weighted by Gasteiger charge is 2.11. The Morgan fingerprint density at radius 2 is 1.96 bits per heavy atom. The second-order valence-corrected chi connectivity index (χ2v) is 5.50. The Labute approximate surface area is 146 Å². The van der Waals surface area contributed by atoms with E-state index in [0.717, 1.165) is 16.8 Å². The van der Waals surface area contributed by atoms with Gasteiger partial charge < -0.3 is 13.9 Å². The molecular weight excluding hydrogens is 318 g/mol. The van der Waals surface area contributed by atoms with Gasteiger partial charge >= 0.3 is 5.97 Å². The zero-order chi connectivity index (χ0) is 17.5. The molecule has 5 heteroatoms. The number of carbonyl (C=O) groups is 1. The Bertz CT molecular complexity index is 826. The molecule has 0 saturated heterocycles. The molecule has 0 radical (unpaired) electrons. The smallest absolute Gasteiger partial charge is 0.337 e. The van der Waals surface area contributed by atoms with Crippen molar-refractivity contribution in [3.05, 3.63) is 77.7 Å². The van der Waals surface area contributed by atoms with E-state index >= 15 is 0 Å². The van der Waals surface area contributed by atoms with E-state index in [2.05, 4.69) is 4.98 Å². The first-order valence-electron chi connectivity index (χ1n) is 8.01. The van der Waals surface area contributed by atoms with Crippen molar-refractivity contribution < 1.29 is 18.7 Å². The molecule has 1 heterocycles. The molecule has 0 bridgehead atoms. The zero-order valence-corrected chi connectivity index (χ0v) is 14.0. The van der Waals surface area contributed by atoms with Crippen molar-refractivity contribution in [2.75, 3.05) is 13.7 Å². The first kappa shape index (κ1) is 16.9. The summed E-state index contributed by atoms with van der Waals surface area (Å²) in [6, 6.07) is 17.0. The first-order chi connectivity index (χ1) is 12.3. The van der Waals surface area contributed by atoms with E-state index in [0.29, 0.717) is 31.1 Å². The van der Waals surface area contributed by atoms with Crippen molar-refractivity contribution in [3.63, 3.8) is 0 Å². The van der Waals surface area contributed by atoms with Crippen LogP contribution in [0.1, 0.15) is 21.6 Å². The predicted molar refractivity (Wildman–Crippen MR) is 93.1 cm³/mol. The van der Waals surface area contributed by atoms with Gasteiger partial charge in [-0.15, -0.1) is 0 Å². The lowest BCUT2D eigenvalue weighted by molar-refractivity contribution is 0.0601.